The fourth-order valence-electron chi connectivity index (χ4n) is 4.74. The molecule has 0 amide bonds. The third kappa shape index (κ3) is 2.83. The second-order valence-electron chi connectivity index (χ2n) is 7.77. The highest BCUT2D eigenvalue weighted by molar-refractivity contribution is 6.32. The molecule has 5 rings (SSSR count). The van der Waals surface area contributed by atoms with E-state index in [-0.39, 0.29) is 0 Å². The minimum atomic E-state index is 0.534. The predicted molar refractivity (Wildman–Crippen MR) is 111 cm³/mol. The molecule has 0 N–H and O–H groups in total. The number of benzene rings is 2. The van der Waals surface area contributed by atoms with Crippen molar-refractivity contribution >= 4 is 11.6 Å². The second kappa shape index (κ2) is 6.94. The van der Waals surface area contributed by atoms with Gasteiger partial charge in [-0.15, -0.1) is 0 Å². The summed E-state index contributed by atoms with van der Waals surface area (Å²) in [6.07, 6.45) is 3.20. The van der Waals surface area contributed by atoms with Crippen LogP contribution in [0.5, 0.6) is 5.75 Å². The Bertz CT molecular complexity index is 1040. The van der Waals surface area contributed by atoms with E-state index in [4.69, 9.17) is 21.4 Å². The Morgan fingerprint density at radius 2 is 1.93 bits per heavy atom. The number of aryl methyl sites for hydroxylation is 1. The molecule has 1 unspecified atom stereocenters. The van der Waals surface area contributed by atoms with Crippen LogP contribution in [-0.2, 0) is 25.9 Å². The summed E-state index contributed by atoms with van der Waals surface area (Å²) in [5.74, 6) is 1.01. The highest BCUT2D eigenvalue weighted by atomic mass is 35.5. The van der Waals surface area contributed by atoms with Crippen molar-refractivity contribution in [2.24, 2.45) is 0 Å². The smallest absolute Gasteiger partial charge is 0.123 e. The first-order valence-electron chi connectivity index (χ1n) is 9.86. The Morgan fingerprint density at radius 1 is 1.07 bits per heavy atom. The van der Waals surface area contributed by atoms with E-state index < -0.39 is 0 Å². The van der Waals surface area contributed by atoms with Gasteiger partial charge in [0.25, 0.3) is 0 Å². The molecular formula is C23H24ClN3O. The van der Waals surface area contributed by atoms with E-state index in [2.05, 4.69) is 30.0 Å². The Balaban J connectivity index is 1.42. The van der Waals surface area contributed by atoms with Crippen LogP contribution in [0.25, 0.3) is 5.69 Å². The number of aromatic nitrogens is 2. The van der Waals surface area contributed by atoms with E-state index in [1.165, 1.54) is 28.1 Å². The van der Waals surface area contributed by atoms with Crippen LogP contribution >= 0.6 is 11.6 Å². The van der Waals surface area contributed by atoms with E-state index in [1.54, 1.807) is 7.11 Å². The van der Waals surface area contributed by atoms with Gasteiger partial charge in [-0.05, 0) is 55.5 Å². The number of nitrogens with zero attached hydrogens (tertiary/aromatic N) is 3. The lowest BCUT2D eigenvalue weighted by molar-refractivity contribution is 0.180. The number of hydrogen-bond donors (Lipinski definition) is 0. The molecule has 0 saturated carbocycles. The molecule has 28 heavy (non-hydrogen) atoms. The molecule has 0 bridgehead atoms. The number of ether oxygens (including phenoxy) is 1. The second-order valence-corrected chi connectivity index (χ2v) is 8.18. The minimum Gasteiger partial charge on any atom is -0.496 e. The Kier molecular flexibility index (Phi) is 4.41. The van der Waals surface area contributed by atoms with Crippen molar-refractivity contribution in [2.75, 3.05) is 7.11 Å². The lowest BCUT2D eigenvalue weighted by Gasteiger charge is -2.30. The van der Waals surface area contributed by atoms with Gasteiger partial charge in [0.1, 0.15) is 5.75 Å². The molecule has 144 valence electrons. The van der Waals surface area contributed by atoms with Gasteiger partial charge < -0.3 is 4.74 Å². The summed E-state index contributed by atoms with van der Waals surface area (Å²) in [5.41, 5.74) is 7.53. The van der Waals surface area contributed by atoms with E-state index in [0.29, 0.717) is 6.04 Å². The van der Waals surface area contributed by atoms with Gasteiger partial charge in [-0.2, -0.15) is 5.10 Å². The monoisotopic (exact) mass is 393 g/mol. The summed E-state index contributed by atoms with van der Waals surface area (Å²) in [4.78, 5) is 2.60. The van der Waals surface area contributed by atoms with Gasteiger partial charge in [0, 0.05) is 30.4 Å². The van der Waals surface area contributed by atoms with Gasteiger partial charge >= 0.3 is 0 Å². The fourth-order valence-corrected chi connectivity index (χ4v) is 4.95. The molecule has 0 radical (unpaired) electrons. The summed E-state index contributed by atoms with van der Waals surface area (Å²) < 4.78 is 7.60. The van der Waals surface area contributed by atoms with Gasteiger partial charge in [-0.25, -0.2) is 4.68 Å². The van der Waals surface area contributed by atoms with Crippen LogP contribution < -0.4 is 4.74 Å². The highest BCUT2D eigenvalue weighted by Crippen LogP contribution is 2.36. The molecule has 0 spiro atoms. The summed E-state index contributed by atoms with van der Waals surface area (Å²) in [6.45, 7) is 4.14. The predicted octanol–water partition coefficient (Wildman–Crippen LogP) is 4.72. The molecule has 2 heterocycles. The van der Waals surface area contributed by atoms with Gasteiger partial charge in [0.05, 0.1) is 23.5 Å². The van der Waals surface area contributed by atoms with E-state index in [1.807, 2.05) is 28.9 Å². The third-order valence-electron chi connectivity index (χ3n) is 6.26. The van der Waals surface area contributed by atoms with Crippen LogP contribution in [0.2, 0.25) is 5.02 Å². The summed E-state index contributed by atoms with van der Waals surface area (Å²) in [7, 11) is 1.76. The van der Waals surface area contributed by atoms with Crippen LogP contribution in [0.4, 0.5) is 0 Å². The first-order chi connectivity index (χ1) is 13.7. The molecule has 0 saturated heterocycles. The maximum Gasteiger partial charge on any atom is 0.123 e. The summed E-state index contributed by atoms with van der Waals surface area (Å²) >= 11 is 6.43. The van der Waals surface area contributed by atoms with Crippen LogP contribution in [0, 0.1) is 6.92 Å². The van der Waals surface area contributed by atoms with Gasteiger partial charge in [0.2, 0.25) is 0 Å². The Hall–Kier alpha value is -2.30. The number of halogens is 1. The van der Waals surface area contributed by atoms with Crippen molar-refractivity contribution in [3.63, 3.8) is 0 Å². The van der Waals surface area contributed by atoms with Gasteiger partial charge in [-0.3, -0.25) is 4.90 Å². The quantitative estimate of drug-likeness (QED) is 0.645. The number of para-hydroxylation sites is 1. The maximum atomic E-state index is 6.43. The summed E-state index contributed by atoms with van der Waals surface area (Å²) in [5, 5.41) is 5.64. The van der Waals surface area contributed by atoms with E-state index in [0.717, 1.165) is 48.8 Å². The molecule has 1 aliphatic carbocycles. The minimum absolute atomic E-state index is 0.534. The number of fused-ring (bicyclic) bond motifs is 2. The molecule has 1 atom stereocenters. The molecule has 2 aromatic carbocycles. The van der Waals surface area contributed by atoms with Crippen molar-refractivity contribution in [1.82, 2.24) is 14.7 Å². The molecule has 2 aliphatic rings. The van der Waals surface area contributed by atoms with Crippen LogP contribution in [0.15, 0.2) is 42.5 Å². The molecule has 3 aromatic rings. The lowest BCUT2D eigenvalue weighted by Crippen LogP contribution is -2.35. The van der Waals surface area contributed by atoms with E-state index in [9.17, 15) is 0 Å². The molecular weight excluding hydrogens is 370 g/mol. The molecule has 4 nitrogen and oxygen atoms in total. The van der Waals surface area contributed by atoms with Crippen LogP contribution in [0.1, 0.15) is 34.5 Å². The van der Waals surface area contributed by atoms with Crippen molar-refractivity contribution < 1.29 is 4.74 Å². The molecule has 1 aliphatic heterocycles. The standard InChI is InChI=1S/C23H24ClN3O/c1-15-18-12-17(26-13-16-6-5-9-23(28-2)19(16)14-26)10-11-21(18)25-27(15)22-8-4-3-7-20(22)24/h3-9,17H,10-14H2,1-2H3. The lowest BCUT2D eigenvalue weighted by atomic mass is 9.91. The Morgan fingerprint density at radius 3 is 2.75 bits per heavy atom. The fraction of sp³-hybridized carbons (Fsp3) is 0.348. The topological polar surface area (TPSA) is 30.3 Å². The average Bonchev–Trinajstić information content (AvgIpc) is 3.29. The van der Waals surface area contributed by atoms with Gasteiger partial charge in [-0.1, -0.05) is 35.9 Å². The van der Waals surface area contributed by atoms with Crippen LogP contribution in [0.3, 0.4) is 0 Å². The first kappa shape index (κ1) is 17.8. The molecule has 1 aromatic heterocycles. The van der Waals surface area contributed by atoms with Crippen molar-refractivity contribution in [3.05, 3.63) is 75.6 Å². The molecule has 5 heteroatoms. The maximum absolute atomic E-state index is 6.43. The Labute approximate surface area is 170 Å². The van der Waals surface area contributed by atoms with Crippen LogP contribution in [-0.4, -0.2) is 27.8 Å². The number of methoxy groups -OCH3 is 1. The largest absolute Gasteiger partial charge is 0.496 e. The first-order valence-corrected chi connectivity index (χ1v) is 10.2. The van der Waals surface area contributed by atoms with Crippen molar-refractivity contribution in [1.29, 1.82) is 0 Å². The SMILES string of the molecule is COc1cccc2c1CN(C1CCc3nn(-c4ccccc4Cl)c(C)c3C1)C2. The average molecular weight is 394 g/mol. The van der Waals surface area contributed by atoms with Gasteiger partial charge in [0.15, 0.2) is 0 Å². The zero-order valence-corrected chi connectivity index (χ0v) is 17.0. The van der Waals surface area contributed by atoms with E-state index >= 15 is 0 Å². The zero-order valence-electron chi connectivity index (χ0n) is 16.3. The summed E-state index contributed by atoms with van der Waals surface area (Å²) in [6, 6.07) is 14.9. The number of hydrogen-bond acceptors (Lipinski definition) is 3. The normalized spacial score (nSPS) is 18.8. The number of rotatable bonds is 3. The third-order valence-corrected chi connectivity index (χ3v) is 6.58. The van der Waals surface area contributed by atoms with Crippen molar-refractivity contribution in [3.8, 4) is 11.4 Å². The highest BCUT2D eigenvalue weighted by Gasteiger charge is 2.32. The molecule has 0 fully saturated rings. The van der Waals surface area contributed by atoms with Crippen molar-refractivity contribution in [2.45, 2.75) is 45.3 Å². The zero-order chi connectivity index (χ0) is 19.3.